The molecule has 1 amide bonds. The van der Waals surface area contributed by atoms with Crippen molar-refractivity contribution in [3.8, 4) is 5.69 Å². The summed E-state index contributed by atoms with van der Waals surface area (Å²) in [6.45, 7) is -0.0406. The van der Waals surface area contributed by atoms with Gasteiger partial charge in [-0.1, -0.05) is 12.1 Å². The molecule has 2 aromatic carbocycles. The van der Waals surface area contributed by atoms with Crippen molar-refractivity contribution in [2.24, 2.45) is 7.05 Å². The molecule has 0 radical (unpaired) electrons. The van der Waals surface area contributed by atoms with Crippen LogP contribution in [0.25, 0.3) is 16.7 Å². The number of aryl methyl sites for hydroxylation is 1. The number of para-hydroxylation sites is 2. The van der Waals surface area contributed by atoms with Gasteiger partial charge in [0.05, 0.1) is 16.7 Å². The molecule has 4 aromatic rings. The molecule has 0 aliphatic rings. The third kappa shape index (κ3) is 2.79. The first-order valence-electron chi connectivity index (χ1n) is 8.18. The minimum atomic E-state index is -0.254. The first kappa shape index (κ1) is 15.9. The molecule has 26 heavy (non-hydrogen) atoms. The van der Waals surface area contributed by atoms with Crippen molar-refractivity contribution >= 4 is 22.6 Å². The highest BCUT2D eigenvalue weighted by Gasteiger charge is 2.13. The number of imidazole rings is 1. The molecule has 130 valence electrons. The van der Waals surface area contributed by atoms with Crippen LogP contribution in [0, 0.1) is 0 Å². The molecular weight excluding hydrogens is 330 g/mol. The van der Waals surface area contributed by atoms with E-state index in [4.69, 9.17) is 0 Å². The van der Waals surface area contributed by atoms with Crippen molar-refractivity contribution in [3.63, 3.8) is 0 Å². The number of anilines is 1. The SMILES string of the molecule is Cn1c(=O)n(CC(=O)Nc2ccc(-n3cccn3)cc2)c2ccccc21. The van der Waals surface area contributed by atoms with Gasteiger partial charge in [-0.15, -0.1) is 0 Å². The van der Waals surface area contributed by atoms with Crippen LogP contribution in [0.1, 0.15) is 0 Å². The minimum Gasteiger partial charge on any atom is -0.325 e. The number of hydrogen-bond acceptors (Lipinski definition) is 3. The van der Waals surface area contributed by atoms with Crippen LogP contribution < -0.4 is 11.0 Å². The molecule has 7 heteroatoms. The average Bonchev–Trinajstić information content (AvgIpc) is 3.27. The number of rotatable bonds is 4. The number of carbonyl (C=O) groups is 1. The molecule has 0 saturated heterocycles. The van der Waals surface area contributed by atoms with Crippen LogP contribution in [0.2, 0.25) is 0 Å². The number of hydrogen-bond donors (Lipinski definition) is 1. The zero-order valence-electron chi connectivity index (χ0n) is 14.2. The number of carbonyl (C=O) groups excluding carboxylic acids is 1. The van der Waals surface area contributed by atoms with Crippen LogP contribution in [0.15, 0.2) is 71.8 Å². The first-order valence-corrected chi connectivity index (χ1v) is 8.18. The average molecular weight is 347 g/mol. The molecule has 0 saturated carbocycles. The topological polar surface area (TPSA) is 73.8 Å². The van der Waals surface area contributed by atoms with Gasteiger partial charge in [-0.05, 0) is 42.5 Å². The smallest absolute Gasteiger partial charge is 0.325 e. The standard InChI is InChI=1S/C19H17N5O2/c1-22-16-5-2-3-6-17(16)23(19(22)26)13-18(25)21-14-7-9-15(10-8-14)24-12-4-11-20-24/h2-12H,13H2,1H3,(H,21,25). The van der Waals surface area contributed by atoms with Crippen molar-refractivity contribution in [3.05, 3.63) is 77.5 Å². The molecule has 4 rings (SSSR count). The molecule has 7 nitrogen and oxygen atoms in total. The van der Waals surface area contributed by atoms with Gasteiger partial charge in [0.2, 0.25) is 5.91 Å². The molecule has 0 spiro atoms. The van der Waals surface area contributed by atoms with Crippen LogP contribution in [0.3, 0.4) is 0 Å². The van der Waals surface area contributed by atoms with E-state index in [0.717, 1.165) is 16.7 Å². The zero-order valence-corrected chi connectivity index (χ0v) is 14.2. The Labute approximate surface area is 149 Å². The molecule has 1 N–H and O–H groups in total. The summed E-state index contributed by atoms with van der Waals surface area (Å²) in [5.41, 5.74) is 2.89. The summed E-state index contributed by atoms with van der Waals surface area (Å²) in [6, 6.07) is 16.6. The van der Waals surface area contributed by atoms with E-state index in [0.29, 0.717) is 5.69 Å². The van der Waals surface area contributed by atoms with Crippen LogP contribution in [-0.2, 0) is 18.4 Å². The van der Waals surface area contributed by atoms with E-state index in [2.05, 4.69) is 10.4 Å². The Hall–Kier alpha value is -3.61. The van der Waals surface area contributed by atoms with E-state index in [1.54, 1.807) is 34.6 Å². The molecule has 2 heterocycles. The molecule has 0 aliphatic carbocycles. The number of nitrogens with zero attached hydrogens (tertiary/aromatic N) is 4. The van der Waals surface area contributed by atoms with Crippen molar-refractivity contribution in [2.75, 3.05) is 5.32 Å². The Balaban J connectivity index is 1.53. The van der Waals surface area contributed by atoms with Crippen molar-refractivity contribution in [1.82, 2.24) is 18.9 Å². The normalized spacial score (nSPS) is 11.0. The summed E-state index contributed by atoms with van der Waals surface area (Å²) in [4.78, 5) is 24.8. The molecule has 0 fully saturated rings. The maximum absolute atomic E-state index is 12.4. The van der Waals surface area contributed by atoms with Gasteiger partial charge < -0.3 is 5.32 Å². The van der Waals surface area contributed by atoms with E-state index in [1.807, 2.05) is 48.7 Å². The van der Waals surface area contributed by atoms with Gasteiger partial charge >= 0.3 is 5.69 Å². The van der Waals surface area contributed by atoms with E-state index in [1.165, 1.54) is 4.57 Å². The van der Waals surface area contributed by atoms with E-state index >= 15 is 0 Å². The lowest BCUT2D eigenvalue weighted by atomic mass is 10.2. The van der Waals surface area contributed by atoms with Gasteiger partial charge in [-0.25, -0.2) is 9.48 Å². The van der Waals surface area contributed by atoms with Gasteiger partial charge in [0.15, 0.2) is 0 Å². The highest BCUT2D eigenvalue weighted by atomic mass is 16.2. The van der Waals surface area contributed by atoms with E-state index < -0.39 is 0 Å². The fourth-order valence-corrected chi connectivity index (χ4v) is 2.98. The van der Waals surface area contributed by atoms with Crippen molar-refractivity contribution < 1.29 is 4.79 Å². The van der Waals surface area contributed by atoms with Crippen LogP contribution in [0.5, 0.6) is 0 Å². The molecular formula is C19H17N5O2. The van der Waals surface area contributed by atoms with Crippen molar-refractivity contribution in [2.45, 2.75) is 6.54 Å². The number of nitrogens with one attached hydrogen (secondary N) is 1. The summed E-state index contributed by atoms with van der Waals surface area (Å²) in [7, 11) is 1.70. The molecule has 0 atom stereocenters. The Morgan fingerprint density at radius 3 is 2.46 bits per heavy atom. The number of aromatic nitrogens is 4. The Morgan fingerprint density at radius 2 is 1.77 bits per heavy atom. The third-order valence-corrected chi connectivity index (χ3v) is 4.27. The Kier molecular flexibility index (Phi) is 3.89. The molecule has 2 aromatic heterocycles. The van der Waals surface area contributed by atoms with E-state index in [-0.39, 0.29) is 18.1 Å². The quantitative estimate of drug-likeness (QED) is 0.615. The third-order valence-electron chi connectivity index (χ3n) is 4.27. The first-order chi connectivity index (χ1) is 12.6. The van der Waals surface area contributed by atoms with E-state index in [9.17, 15) is 9.59 Å². The van der Waals surface area contributed by atoms with Gasteiger partial charge in [0, 0.05) is 25.1 Å². The maximum Gasteiger partial charge on any atom is 0.329 e. The monoisotopic (exact) mass is 347 g/mol. The lowest BCUT2D eigenvalue weighted by molar-refractivity contribution is -0.116. The lowest BCUT2D eigenvalue weighted by Crippen LogP contribution is -2.28. The zero-order chi connectivity index (χ0) is 18.1. The fraction of sp³-hybridized carbons (Fsp3) is 0.105. The van der Waals surface area contributed by atoms with Gasteiger partial charge in [0.25, 0.3) is 0 Å². The number of benzene rings is 2. The Bertz CT molecular complexity index is 1120. The number of amides is 1. The van der Waals surface area contributed by atoms with Crippen LogP contribution in [0.4, 0.5) is 5.69 Å². The molecule has 0 bridgehead atoms. The second-order valence-electron chi connectivity index (χ2n) is 5.96. The fourth-order valence-electron chi connectivity index (χ4n) is 2.98. The Morgan fingerprint density at radius 1 is 1.04 bits per heavy atom. The number of fused-ring (bicyclic) bond motifs is 1. The summed E-state index contributed by atoms with van der Waals surface area (Å²) in [5.74, 6) is -0.254. The predicted octanol–water partition coefficient (Wildman–Crippen LogP) is 2.16. The highest BCUT2D eigenvalue weighted by Crippen LogP contribution is 2.14. The largest absolute Gasteiger partial charge is 0.329 e. The van der Waals surface area contributed by atoms with Crippen LogP contribution >= 0.6 is 0 Å². The van der Waals surface area contributed by atoms with Gasteiger partial charge in [0.1, 0.15) is 6.54 Å². The molecule has 0 aliphatic heterocycles. The second-order valence-corrected chi connectivity index (χ2v) is 5.96. The maximum atomic E-state index is 12.4. The summed E-state index contributed by atoms with van der Waals surface area (Å²) in [5, 5.41) is 6.99. The van der Waals surface area contributed by atoms with Gasteiger partial charge in [-0.3, -0.25) is 13.9 Å². The predicted molar refractivity (Wildman–Crippen MR) is 99.4 cm³/mol. The summed E-state index contributed by atoms with van der Waals surface area (Å²) in [6.07, 6.45) is 3.55. The molecule has 0 unspecified atom stereocenters. The lowest BCUT2D eigenvalue weighted by Gasteiger charge is -2.07. The minimum absolute atomic E-state index is 0.0406. The highest BCUT2D eigenvalue weighted by molar-refractivity contribution is 5.91. The summed E-state index contributed by atoms with van der Waals surface area (Å²) < 4.78 is 4.76. The van der Waals surface area contributed by atoms with Gasteiger partial charge in [-0.2, -0.15) is 5.10 Å². The van der Waals surface area contributed by atoms with Crippen molar-refractivity contribution in [1.29, 1.82) is 0 Å². The second kappa shape index (κ2) is 6.36. The summed E-state index contributed by atoms with van der Waals surface area (Å²) >= 11 is 0. The van der Waals surface area contributed by atoms with Crippen LogP contribution in [-0.4, -0.2) is 24.8 Å².